The van der Waals surface area contributed by atoms with Crippen LogP contribution in [0.1, 0.15) is 11.9 Å². The van der Waals surface area contributed by atoms with Crippen LogP contribution in [-0.4, -0.2) is 22.2 Å². The Morgan fingerprint density at radius 2 is 2.15 bits per heavy atom. The lowest BCUT2D eigenvalue weighted by atomic mass is 10.1. The third kappa shape index (κ3) is 2.30. The quantitative estimate of drug-likeness (QED) is 0.699. The van der Waals surface area contributed by atoms with Crippen LogP contribution >= 0.6 is 15.9 Å². The summed E-state index contributed by atoms with van der Waals surface area (Å²) in [7, 11) is 0. The number of aliphatic hydroxyl groups excluding tert-OH is 2. The van der Waals surface area contributed by atoms with Crippen molar-refractivity contribution in [1.82, 2.24) is 0 Å². The minimum atomic E-state index is -1.65. The van der Waals surface area contributed by atoms with Crippen molar-refractivity contribution in [2.45, 2.75) is 12.2 Å². The van der Waals surface area contributed by atoms with E-state index in [4.69, 9.17) is 15.3 Å². The maximum atomic E-state index is 10.5. The van der Waals surface area contributed by atoms with Crippen LogP contribution in [0.4, 0.5) is 0 Å². The van der Waals surface area contributed by atoms with Crippen LogP contribution in [-0.2, 0) is 4.79 Å². The molecule has 13 heavy (non-hydrogen) atoms. The molecule has 0 aliphatic heterocycles. The van der Waals surface area contributed by atoms with Gasteiger partial charge in [-0.25, -0.2) is 0 Å². The Hall–Kier alpha value is -0.850. The maximum absolute atomic E-state index is 10.5. The van der Waals surface area contributed by atoms with Crippen molar-refractivity contribution < 1.29 is 19.4 Å². The van der Waals surface area contributed by atoms with Crippen molar-refractivity contribution in [2.24, 2.45) is 5.73 Å². The Bertz CT molecular complexity index is 311. The molecule has 1 amide bonds. The molecular weight excluding hydrogens is 242 g/mol. The molecule has 0 spiro atoms. The number of halogens is 1. The first-order valence-corrected chi connectivity index (χ1v) is 4.22. The molecule has 0 bridgehead atoms. The fourth-order valence-electron chi connectivity index (χ4n) is 0.798. The van der Waals surface area contributed by atoms with E-state index in [1.165, 1.54) is 12.1 Å². The van der Waals surface area contributed by atoms with Gasteiger partial charge in [-0.15, -0.1) is 0 Å². The lowest BCUT2D eigenvalue weighted by Gasteiger charge is -2.11. The molecule has 72 valence electrons. The van der Waals surface area contributed by atoms with E-state index in [0.29, 0.717) is 4.67 Å². The van der Waals surface area contributed by atoms with Crippen LogP contribution in [0.25, 0.3) is 0 Å². The first-order valence-electron chi connectivity index (χ1n) is 3.43. The second-order valence-electron chi connectivity index (χ2n) is 2.43. The zero-order valence-electron chi connectivity index (χ0n) is 6.48. The Morgan fingerprint density at radius 1 is 1.54 bits per heavy atom. The zero-order valence-corrected chi connectivity index (χ0v) is 8.06. The molecule has 0 aromatic carbocycles. The summed E-state index contributed by atoms with van der Waals surface area (Å²) in [4.78, 5) is 10.5. The summed E-state index contributed by atoms with van der Waals surface area (Å²) in [5.41, 5.74) is 4.78. The zero-order chi connectivity index (χ0) is 10.0. The number of nitrogens with two attached hydrogens (primary N) is 1. The van der Waals surface area contributed by atoms with E-state index in [1.54, 1.807) is 0 Å². The molecule has 0 aliphatic rings. The Kier molecular flexibility index (Phi) is 3.07. The highest BCUT2D eigenvalue weighted by molar-refractivity contribution is 9.10. The number of carbonyl (C=O) groups excluding carboxylic acids is 1. The summed E-state index contributed by atoms with van der Waals surface area (Å²) in [5.74, 6) is -0.918. The van der Waals surface area contributed by atoms with Gasteiger partial charge in [-0.1, -0.05) is 0 Å². The fraction of sp³-hybridized carbons (Fsp3) is 0.286. The minimum absolute atomic E-state index is 0.0816. The van der Waals surface area contributed by atoms with Crippen LogP contribution in [0.5, 0.6) is 0 Å². The highest BCUT2D eigenvalue weighted by Gasteiger charge is 2.25. The molecule has 0 saturated carbocycles. The molecule has 1 aromatic heterocycles. The van der Waals surface area contributed by atoms with Gasteiger partial charge in [0, 0.05) is 0 Å². The van der Waals surface area contributed by atoms with E-state index >= 15 is 0 Å². The van der Waals surface area contributed by atoms with Gasteiger partial charge in [0.05, 0.1) is 0 Å². The number of primary amides is 1. The molecule has 0 fully saturated rings. The smallest absolute Gasteiger partial charge is 0.249 e. The molecule has 1 rings (SSSR count). The van der Waals surface area contributed by atoms with Gasteiger partial charge >= 0.3 is 0 Å². The third-order valence-electron chi connectivity index (χ3n) is 1.48. The number of hydrogen-bond donors (Lipinski definition) is 3. The van der Waals surface area contributed by atoms with Crippen molar-refractivity contribution >= 4 is 21.8 Å². The standard InChI is InChI=1S/C7H8BrNO4/c8-4-2-1-3(13-4)5(10)6(11)7(9)12/h1-2,5-6,10-11H,(H2,9,12). The van der Waals surface area contributed by atoms with Crippen molar-refractivity contribution in [3.05, 3.63) is 22.6 Å². The summed E-state index contributed by atoms with van der Waals surface area (Å²) in [6.45, 7) is 0. The molecule has 1 aromatic rings. The average Bonchev–Trinajstić information content (AvgIpc) is 2.49. The fourth-order valence-corrected chi connectivity index (χ4v) is 1.12. The van der Waals surface area contributed by atoms with Gasteiger partial charge in [0.15, 0.2) is 10.8 Å². The number of hydrogen-bond acceptors (Lipinski definition) is 4. The lowest BCUT2D eigenvalue weighted by Crippen LogP contribution is -2.33. The van der Waals surface area contributed by atoms with Crippen molar-refractivity contribution in [1.29, 1.82) is 0 Å². The van der Waals surface area contributed by atoms with Gasteiger partial charge in [-0.2, -0.15) is 0 Å². The van der Waals surface area contributed by atoms with Gasteiger partial charge in [-0.3, -0.25) is 4.79 Å². The predicted molar refractivity (Wildman–Crippen MR) is 46.6 cm³/mol. The van der Waals surface area contributed by atoms with Crippen LogP contribution in [0, 0.1) is 0 Å². The maximum Gasteiger partial charge on any atom is 0.249 e. The average molecular weight is 250 g/mol. The van der Waals surface area contributed by atoms with E-state index in [2.05, 4.69) is 15.9 Å². The Morgan fingerprint density at radius 3 is 2.54 bits per heavy atom. The van der Waals surface area contributed by atoms with E-state index in [9.17, 15) is 9.90 Å². The summed E-state index contributed by atoms with van der Waals surface area (Å²) in [6, 6.07) is 2.97. The van der Waals surface area contributed by atoms with Gasteiger partial charge in [0.1, 0.15) is 11.9 Å². The van der Waals surface area contributed by atoms with Crippen molar-refractivity contribution in [3.63, 3.8) is 0 Å². The monoisotopic (exact) mass is 249 g/mol. The summed E-state index contributed by atoms with van der Waals surface area (Å²) < 4.78 is 5.32. The Labute approximate surface area is 82.3 Å². The number of amides is 1. The number of carbonyl (C=O) groups is 1. The molecule has 6 heteroatoms. The molecule has 0 aliphatic carbocycles. The topological polar surface area (TPSA) is 96.7 Å². The first-order chi connectivity index (χ1) is 6.02. The third-order valence-corrected chi connectivity index (χ3v) is 1.90. The highest BCUT2D eigenvalue weighted by Crippen LogP contribution is 2.22. The molecule has 0 radical (unpaired) electrons. The molecular formula is C7H8BrNO4. The molecule has 2 atom stereocenters. The largest absolute Gasteiger partial charge is 0.451 e. The van der Waals surface area contributed by atoms with E-state index in [-0.39, 0.29) is 5.76 Å². The Balaban J connectivity index is 2.78. The lowest BCUT2D eigenvalue weighted by molar-refractivity contribution is -0.132. The van der Waals surface area contributed by atoms with Gasteiger partial charge in [0.2, 0.25) is 5.91 Å². The van der Waals surface area contributed by atoms with Crippen LogP contribution in [0.3, 0.4) is 0 Å². The van der Waals surface area contributed by atoms with Crippen molar-refractivity contribution in [2.75, 3.05) is 0 Å². The second-order valence-corrected chi connectivity index (χ2v) is 3.22. The molecule has 2 unspecified atom stereocenters. The number of rotatable bonds is 3. The molecule has 4 N–H and O–H groups in total. The second kappa shape index (κ2) is 3.91. The van der Waals surface area contributed by atoms with Crippen LogP contribution < -0.4 is 5.73 Å². The van der Waals surface area contributed by atoms with Crippen LogP contribution in [0.15, 0.2) is 21.2 Å². The van der Waals surface area contributed by atoms with Gasteiger partial charge in [-0.05, 0) is 28.1 Å². The molecule has 5 nitrogen and oxygen atoms in total. The van der Waals surface area contributed by atoms with Crippen molar-refractivity contribution in [3.8, 4) is 0 Å². The number of furan rings is 1. The molecule has 0 saturated heterocycles. The van der Waals surface area contributed by atoms with E-state index in [1.807, 2.05) is 0 Å². The van der Waals surface area contributed by atoms with Gasteiger partial charge in [0.25, 0.3) is 0 Å². The summed E-state index contributed by atoms with van der Waals surface area (Å²) in [6.07, 6.45) is -3.08. The van der Waals surface area contributed by atoms with E-state index < -0.39 is 18.1 Å². The minimum Gasteiger partial charge on any atom is -0.451 e. The number of aliphatic hydroxyl groups is 2. The summed E-state index contributed by atoms with van der Waals surface area (Å²) >= 11 is 3.01. The van der Waals surface area contributed by atoms with Gasteiger partial charge < -0.3 is 20.4 Å². The SMILES string of the molecule is NC(=O)C(O)C(O)c1ccc(Br)o1. The van der Waals surface area contributed by atoms with Crippen LogP contribution in [0.2, 0.25) is 0 Å². The molecule has 1 heterocycles. The first kappa shape index (κ1) is 10.2. The highest BCUT2D eigenvalue weighted by atomic mass is 79.9. The normalized spacial score (nSPS) is 15.3. The van der Waals surface area contributed by atoms with E-state index in [0.717, 1.165) is 0 Å². The summed E-state index contributed by atoms with van der Waals surface area (Å²) in [5, 5.41) is 18.4. The predicted octanol–water partition coefficient (Wildman–Crippen LogP) is -0.0783.